The molecule has 0 spiro atoms. The Morgan fingerprint density at radius 3 is 2.69 bits per heavy atom. The highest BCUT2D eigenvalue weighted by Crippen LogP contribution is 2.29. The number of hydrogen-bond acceptors (Lipinski definition) is 1. The van der Waals surface area contributed by atoms with Crippen LogP contribution >= 0.6 is 31.9 Å². The minimum Gasteiger partial charge on any atom is -0.256 e. The lowest BCUT2D eigenvalue weighted by Crippen LogP contribution is -1.84. The van der Waals surface area contributed by atoms with Crippen LogP contribution in [0.25, 0.3) is 10.9 Å². The van der Waals surface area contributed by atoms with E-state index in [1.54, 1.807) is 0 Å². The van der Waals surface area contributed by atoms with Gasteiger partial charge in [-0.25, -0.2) is 0 Å². The smallest absolute Gasteiger partial charge is 0.0961 e. The van der Waals surface area contributed by atoms with Gasteiger partial charge in [0.2, 0.25) is 0 Å². The van der Waals surface area contributed by atoms with Crippen LogP contribution in [0.1, 0.15) is 9.30 Å². The largest absolute Gasteiger partial charge is 0.256 e. The maximum atomic E-state index is 4.34. The van der Waals surface area contributed by atoms with Crippen molar-refractivity contribution in [1.82, 2.24) is 4.98 Å². The molecular formula is C10H7Br2N. The molecule has 0 saturated carbocycles. The predicted octanol–water partition coefficient (Wildman–Crippen LogP) is 4.02. The molecule has 0 aliphatic heterocycles. The Hall–Kier alpha value is -0.410. The lowest BCUT2D eigenvalue weighted by atomic mass is 10.2. The van der Waals surface area contributed by atoms with E-state index in [2.05, 4.69) is 49.0 Å². The van der Waals surface area contributed by atoms with E-state index < -0.39 is 0 Å². The molecule has 0 N–H and O–H groups in total. The van der Waals surface area contributed by atoms with Crippen LogP contribution < -0.4 is 0 Å². The number of nitrogens with zero attached hydrogens (tertiary/aromatic N) is 1. The maximum absolute atomic E-state index is 4.34. The highest BCUT2D eigenvalue weighted by Gasteiger charge is 2.03. The van der Waals surface area contributed by atoms with Gasteiger partial charge in [-0.05, 0) is 17.7 Å². The first-order chi connectivity index (χ1) is 6.27. The molecule has 0 amide bonds. The van der Waals surface area contributed by atoms with E-state index in [1.165, 1.54) is 5.39 Å². The SMILES string of the molecule is BrC(Br)c1cnc2ccccc2c1. The van der Waals surface area contributed by atoms with Gasteiger partial charge in [0.15, 0.2) is 0 Å². The van der Waals surface area contributed by atoms with Gasteiger partial charge in [0, 0.05) is 11.6 Å². The van der Waals surface area contributed by atoms with Crippen LogP contribution in [-0.4, -0.2) is 4.98 Å². The molecule has 1 aromatic carbocycles. The Morgan fingerprint density at radius 1 is 1.15 bits per heavy atom. The number of hydrogen-bond donors (Lipinski definition) is 0. The summed E-state index contributed by atoms with van der Waals surface area (Å²) in [6.45, 7) is 0. The second-order valence-corrected chi connectivity index (χ2v) is 5.82. The number of rotatable bonds is 1. The van der Waals surface area contributed by atoms with Crippen molar-refractivity contribution in [2.45, 2.75) is 3.74 Å². The lowest BCUT2D eigenvalue weighted by Gasteiger charge is -2.02. The number of fused-ring (bicyclic) bond motifs is 1. The fourth-order valence-electron chi connectivity index (χ4n) is 1.21. The summed E-state index contributed by atoms with van der Waals surface area (Å²) >= 11 is 6.89. The summed E-state index contributed by atoms with van der Waals surface area (Å²) in [6.07, 6.45) is 1.87. The van der Waals surface area contributed by atoms with Gasteiger partial charge >= 0.3 is 0 Å². The summed E-state index contributed by atoms with van der Waals surface area (Å²) in [6, 6.07) is 10.2. The molecule has 2 aromatic rings. The highest BCUT2D eigenvalue weighted by molar-refractivity contribution is 9.24. The van der Waals surface area contributed by atoms with Gasteiger partial charge in [-0.15, -0.1) is 0 Å². The van der Waals surface area contributed by atoms with E-state index in [0.29, 0.717) is 0 Å². The van der Waals surface area contributed by atoms with E-state index in [9.17, 15) is 0 Å². The Morgan fingerprint density at radius 2 is 1.92 bits per heavy atom. The summed E-state index contributed by atoms with van der Waals surface area (Å²) < 4.78 is 0.178. The molecule has 2 rings (SSSR count). The molecule has 0 atom stereocenters. The number of pyridine rings is 1. The van der Waals surface area contributed by atoms with Crippen LogP contribution in [0.4, 0.5) is 0 Å². The van der Waals surface area contributed by atoms with Crippen LogP contribution in [0.15, 0.2) is 36.5 Å². The maximum Gasteiger partial charge on any atom is 0.0961 e. The molecule has 0 bridgehead atoms. The van der Waals surface area contributed by atoms with Gasteiger partial charge in [0.25, 0.3) is 0 Å². The summed E-state index contributed by atoms with van der Waals surface area (Å²) in [5, 5.41) is 1.17. The number of para-hydroxylation sites is 1. The Kier molecular flexibility index (Phi) is 2.65. The molecule has 1 nitrogen and oxygen atoms in total. The normalized spacial score (nSPS) is 11.0. The van der Waals surface area contributed by atoms with Gasteiger partial charge in [0.1, 0.15) is 0 Å². The molecule has 0 saturated heterocycles. The van der Waals surface area contributed by atoms with Gasteiger partial charge in [-0.2, -0.15) is 0 Å². The second-order valence-electron chi connectivity index (χ2n) is 2.76. The van der Waals surface area contributed by atoms with Gasteiger partial charge < -0.3 is 0 Å². The van der Waals surface area contributed by atoms with Crippen LogP contribution in [0.5, 0.6) is 0 Å². The Labute approximate surface area is 93.4 Å². The monoisotopic (exact) mass is 299 g/mol. The molecule has 1 heterocycles. The van der Waals surface area contributed by atoms with E-state index >= 15 is 0 Å². The van der Waals surface area contributed by atoms with Gasteiger partial charge in [-0.1, -0.05) is 50.1 Å². The summed E-state index contributed by atoms with van der Waals surface area (Å²) in [7, 11) is 0. The molecule has 1 aromatic heterocycles. The lowest BCUT2D eigenvalue weighted by molar-refractivity contribution is 1.31. The van der Waals surface area contributed by atoms with Crippen molar-refractivity contribution >= 4 is 42.8 Å². The average Bonchev–Trinajstić information content (AvgIpc) is 2.17. The zero-order valence-electron chi connectivity index (χ0n) is 6.74. The molecular weight excluding hydrogens is 294 g/mol. The average molecular weight is 301 g/mol. The minimum atomic E-state index is 0.178. The zero-order valence-corrected chi connectivity index (χ0v) is 9.92. The molecule has 0 fully saturated rings. The third kappa shape index (κ3) is 1.92. The third-order valence-electron chi connectivity index (χ3n) is 1.86. The first-order valence-electron chi connectivity index (χ1n) is 3.90. The van der Waals surface area contributed by atoms with Crippen LogP contribution in [0, 0.1) is 0 Å². The van der Waals surface area contributed by atoms with Gasteiger partial charge in [-0.3, -0.25) is 4.98 Å². The number of alkyl halides is 2. The Bertz CT molecular complexity index is 426. The predicted molar refractivity (Wildman–Crippen MR) is 62.3 cm³/mol. The topological polar surface area (TPSA) is 12.9 Å². The van der Waals surface area contributed by atoms with Crippen LogP contribution in [0.3, 0.4) is 0 Å². The third-order valence-corrected chi connectivity index (χ3v) is 2.92. The molecule has 0 unspecified atom stereocenters. The van der Waals surface area contributed by atoms with Crippen LogP contribution in [-0.2, 0) is 0 Å². The quantitative estimate of drug-likeness (QED) is 0.725. The van der Waals surface area contributed by atoms with Crippen molar-refractivity contribution in [2.24, 2.45) is 0 Å². The summed E-state index contributed by atoms with van der Waals surface area (Å²) in [5.41, 5.74) is 2.17. The minimum absolute atomic E-state index is 0.178. The molecule has 0 radical (unpaired) electrons. The molecule has 66 valence electrons. The second kappa shape index (κ2) is 3.76. The first-order valence-corrected chi connectivity index (χ1v) is 5.73. The highest BCUT2D eigenvalue weighted by atomic mass is 79.9. The molecule has 0 aliphatic carbocycles. The van der Waals surface area contributed by atoms with Crippen molar-refractivity contribution in [2.75, 3.05) is 0 Å². The summed E-state index contributed by atoms with van der Waals surface area (Å²) in [4.78, 5) is 4.34. The zero-order chi connectivity index (χ0) is 9.26. The first kappa shape index (κ1) is 9.16. The van der Waals surface area contributed by atoms with Crippen molar-refractivity contribution < 1.29 is 0 Å². The van der Waals surface area contributed by atoms with E-state index in [1.807, 2.05) is 24.4 Å². The number of benzene rings is 1. The Balaban J connectivity index is 2.62. The van der Waals surface area contributed by atoms with E-state index in [0.717, 1.165) is 11.1 Å². The number of halogens is 2. The fourth-order valence-corrected chi connectivity index (χ4v) is 1.71. The van der Waals surface area contributed by atoms with Crippen molar-refractivity contribution in [3.8, 4) is 0 Å². The van der Waals surface area contributed by atoms with Crippen molar-refractivity contribution in [3.05, 3.63) is 42.1 Å². The van der Waals surface area contributed by atoms with E-state index in [-0.39, 0.29) is 3.74 Å². The number of aromatic nitrogens is 1. The van der Waals surface area contributed by atoms with Crippen LogP contribution in [0.2, 0.25) is 0 Å². The molecule has 0 aliphatic rings. The molecule has 13 heavy (non-hydrogen) atoms. The van der Waals surface area contributed by atoms with Gasteiger partial charge in [0.05, 0.1) is 9.25 Å². The van der Waals surface area contributed by atoms with Crippen molar-refractivity contribution in [3.63, 3.8) is 0 Å². The standard InChI is InChI=1S/C10H7Br2N/c11-10(12)8-5-7-3-1-2-4-9(7)13-6-8/h1-6,10H. The molecule has 3 heteroatoms. The van der Waals surface area contributed by atoms with Crippen molar-refractivity contribution in [1.29, 1.82) is 0 Å². The summed E-state index contributed by atoms with van der Waals surface area (Å²) in [5.74, 6) is 0. The fraction of sp³-hybridized carbons (Fsp3) is 0.100. The van der Waals surface area contributed by atoms with E-state index in [4.69, 9.17) is 0 Å².